The molecule has 0 atom stereocenters. The molecule has 5 heteroatoms. The molecule has 4 nitrogen and oxygen atoms in total. The molecule has 0 aliphatic rings. The number of fused-ring (bicyclic) bond motifs is 2. The van der Waals surface area contributed by atoms with Gasteiger partial charge in [0.2, 0.25) is 0 Å². The Morgan fingerprint density at radius 3 is 2.70 bits per heavy atom. The molecule has 0 saturated heterocycles. The largest absolute Gasteiger partial charge is 0.493 e. The van der Waals surface area contributed by atoms with E-state index in [2.05, 4.69) is 51.2 Å². The Morgan fingerprint density at radius 2 is 1.87 bits per heavy atom. The van der Waals surface area contributed by atoms with Crippen LogP contribution in [0, 0.1) is 6.92 Å². The molecule has 1 N–H and O–H groups in total. The second-order valence-electron chi connectivity index (χ2n) is 7.25. The normalized spacial score (nSPS) is 11.2. The monoisotopic (exact) mass is 467 g/mol. The second-order valence-corrected chi connectivity index (χ2v) is 8.04. The predicted octanol–water partition coefficient (Wildman–Crippen LogP) is 6.83. The second kappa shape index (κ2) is 8.92. The molecule has 1 heterocycles. The molecule has 0 radical (unpaired) electrons. The number of H-pyrrole nitrogens is 1. The molecule has 0 aliphatic carbocycles. The van der Waals surface area contributed by atoms with Crippen LogP contribution in [-0.2, 0) is 11.2 Å². The van der Waals surface area contributed by atoms with Crippen LogP contribution in [0.4, 0.5) is 0 Å². The van der Waals surface area contributed by atoms with Gasteiger partial charge in [0, 0.05) is 16.7 Å². The lowest BCUT2D eigenvalue weighted by atomic mass is 10.0. The molecule has 0 fully saturated rings. The number of aryl methyl sites for hydroxylation is 2. The third-order valence-corrected chi connectivity index (χ3v) is 6.29. The molecule has 0 spiro atoms. The van der Waals surface area contributed by atoms with Crippen molar-refractivity contribution in [2.45, 2.75) is 26.7 Å². The average molecular weight is 468 g/mol. The number of esters is 1. The summed E-state index contributed by atoms with van der Waals surface area (Å²) in [5.74, 6) is 0.569. The van der Waals surface area contributed by atoms with Crippen LogP contribution in [0.2, 0.25) is 0 Å². The highest BCUT2D eigenvalue weighted by Gasteiger charge is 2.20. The fourth-order valence-corrected chi connectivity index (χ4v) is 4.22. The van der Waals surface area contributed by atoms with E-state index in [0.717, 1.165) is 49.4 Å². The minimum atomic E-state index is -0.316. The highest BCUT2D eigenvalue weighted by atomic mass is 79.9. The van der Waals surface area contributed by atoms with Crippen LogP contribution >= 0.6 is 15.9 Å². The van der Waals surface area contributed by atoms with E-state index in [-0.39, 0.29) is 7.40 Å². The summed E-state index contributed by atoms with van der Waals surface area (Å²) in [6.07, 6.45) is 1.50. The zero-order valence-corrected chi connectivity index (χ0v) is 18.7. The lowest BCUT2D eigenvalue weighted by Crippen LogP contribution is -2.09. The average Bonchev–Trinajstić information content (AvgIpc) is 3.13. The third-order valence-electron chi connectivity index (χ3n) is 5.27. The summed E-state index contributed by atoms with van der Waals surface area (Å²) in [6, 6.07) is 18.4. The minimum Gasteiger partial charge on any atom is -0.493 e. The number of hydrogen-bond donors (Lipinski definition) is 1. The van der Waals surface area contributed by atoms with E-state index in [4.69, 9.17) is 9.47 Å². The van der Waals surface area contributed by atoms with E-state index >= 15 is 0 Å². The van der Waals surface area contributed by atoms with Crippen molar-refractivity contribution in [2.75, 3.05) is 13.2 Å². The van der Waals surface area contributed by atoms with Crippen molar-refractivity contribution in [1.82, 2.24) is 4.98 Å². The number of carbonyl (C=O) groups excluding carboxylic acids is 1. The summed E-state index contributed by atoms with van der Waals surface area (Å²) in [4.78, 5) is 15.8. The molecular formula is C25H26BrNO3. The number of ether oxygens (including phenoxy) is 2. The Hall–Kier alpha value is -2.79. The third kappa shape index (κ3) is 3.94. The van der Waals surface area contributed by atoms with Crippen LogP contribution in [0.5, 0.6) is 5.75 Å². The first-order chi connectivity index (χ1) is 14.6. The van der Waals surface area contributed by atoms with Gasteiger partial charge in [0.15, 0.2) is 0 Å². The van der Waals surface area contributed by atoms with E-state index in [9.17, 15) is 4.79 Å². The molecule has 1 aromatic heterocycles. The zero-order chi connectivity index (χ0) is 21.1. The maximum atomic E-state index is 12.5. The summed E-state index contributed by atoms with van der Waals surface area (Å²) >= 11 is 3.64. The Labute approximate surface area is 185 Å². The number of halogens is 1. The zero-order valence-electron chi connectivity index (χ0n) is 17.1. The number of carbonyl (C=O) groups is 1. The molecule has 0 saturated carbocycles. The van der Waals surface area contributed by atoms with Crippen molar-refractivity contribution < 1.29 is 15.7 Å². The van der Waals surface area contributed by atoms with Crippen molar-refractivity contribution in [2.24, 2.45) is 0 Å². The summed E-state index contributed by atoms with van der Waals surface area (Å²) in [7, 11) is 0. The molecule has 4 rings (SSSR count). The van der Waals surface area contributed by atoms with Crippen LogP contribution in [0.1, 0.15) is 36.4 Å². The molecule has 156 valence electrons. The standard InChI is InChI=1S/C25H24BrNO3.H2/c1-3-29-25(28)24-19(20-14-13-16(2)22(26)23(20)27-24)11-7-15-30-21-12-6-9-17-8-4-5-10-18(17)21;/h4-6,8-10,12-14,27H,3,7,11,15H2,1-2H3;1H. The van der Waals surface area contributed by atoms with Crippen molar-refractivity contribution in [3.8, 4) is 5.75 Å². The first-order valence-electron chi connectivity index (χ1n) is 10.2. The molecular weight excluding hydrogens is 442 g/mol. The van der Waals surface area contributed by atoms with Crippen LogP contribution in [-0.4, -0.2) is 24.2 Å². The highest BCUT2D eigenvalue weighted by molar-refractivity contribution is 9.10. The van der Waals surface area contributed by atoms with E-state index in [1.807, 2.05) is 38.1 Å². The number of rotatable bonds is 7. The van der Waals surface area contributed by atoms with Gasteiger partial charge in [-0.2, -0.15) is 0 Å². The number of nitrogens with one attached hydrogen (secondary N) is 1. The first-order valence-corrected chi connectivity index (χ1v) is 11.0. The Balaban J connectivity index is 0.00000272. The topological polar surface area (TPSA) is 51.3 Å². The van der Waals surface area contributed by atoms with Crippen molar-refractivity contribution in [3.63, 3.8) is 0 Å². The van der Waals surface area contributed by atoms with Gasteiger partial charge in [-0.3, -0.25) is 0 Å². The summed E-state index contributed by atoms with van der Waals surface area (Å²) in [5, 5.41) is 3.32. The van der Waals surface area contributed by atoms with Gasteiger partial charge in [0.05, 0.1) is 18.7 Å². The Bertz CT molecular complexity index is 1210. The van der Waals surface area contributed by atoms with E-state index in [1.165, 1.54) is 0 Å². The van der Waals surface area contributed by atoms with E-state index in [1.54, 1.807) is 0 Å². The van der Waals surface area contributed by atoms with Gasteiger partial charge in [-0.15, -0.1) is 0 Å². The van der Waals surface area contributed by atoms with Gasteiger partial charge in [-0.25, -0.2) is 4.79 Å². The fraction of sp³-hybridized carbons (Fsp3) is 0.240. The van der Waals surface area contributed by atoms with E-state index in [0.29, 0.717) is 25.3 Å². The predicted molar refractivity (Wildman–Crippen MR) is 127 cm³/mol. The van der Waals surface area contributed by atoms with Crippen LogP contribution < -0.4 is 4.74 Å². The smallest absolute Gasteiger partial charge is 0.355 e. The highest BCUT2D eigenvalue weighted by Crippen LogP contribution is 2.32. The van der Waals surface area contributed by atoms with Gasteiger partial charge < -0.3 is 14.5 Å². The van der Waals surface area contributed by atoms with Gasteiger partial charge >= 0.3 is 5.97 Å². The maximum absolute atomic E-state index is 12.5. The van der Waals surface area contributed by atoms with E-state index < -0.39 is 0 Å². The molecule has 0 bridgehead atoms. The van der Waals surface area contributed by atoms with Gasteiger partial charge in [0.1, 0.15) is 11.4 Å². The lowest BCUT2D eigenvalue weighted by molar-refractivity contribution is 0.0519. The first kappa shape index (κ1) is 20.5. The van der Waals surface area contributed by atoms with Gasteiger partial charge in [-0.05, 0) is 65.2 Å². The SMILES string of the molecule is CCOC(=O)c1[nH]c2c(Br)c(C)ccc2c1CCCOc1cccc2ccccc12.[HH]. The Morgan fingerprint density at radius 1 is 1.07 bits per heavy atom. The summed E-state index contributed by atoms with van der Waals surface area (Å²) < 4.78 is 12.3. The Kier molecular flexibility index (Phi) is 6.09. The molecule has 0 amide bonds. The van der Waals surface area contributed by atoms with Crippen LogP contribution in [0.3, 0.4) is 0 Å². The van der Waals surface area contributed by atoms with Crippen LogP contribution in [0.15, 0.2) is 59.1 Å². The van der Waals surface area contributed by atoms with Crippen molar-refractivity contribution in [3.05, 3.63) is 75.9 Å². The lowest BCUT2D eigenvalue weighted by Gasteiger charge is -2.10. The summed E-state index contributed by atoms with van der Waals surface area (Å²) in [6.45, 7) is 4.76. The maximum Gasteiger partial charge on any atom is 0.355 e. The quantitative estimate of drug-likeness (QED) is 0.239. The number of hydrogen-bond acceptors (Lipinski definition) is 3. The fourth-order valence-electron chi connectivity index (χ4n) is 3.78. The van der Waals surface area contributed by atoms with Crippen LogP contribution in [0.25, 0.3) is 21.7 Å². The number of benzene rings is 3. The van der Waals surface area contributed by atoms with Crippen molar-refractivity contribution >= 4 is 43.6 Å². The molecule has 0 unspecified atom stereocenters. The molecule has 3 aromatic carbocycles. The number of aromatic nitrogens is 1. The number of aromatic amines is 1. The molecule has 4 aromatic rings. The van der Waals surface area contributed by atoms with Gasteiger partial charge in [0.25, 0.3) is 0 Å². The molecule has 30 heavy (non-hydrogen) atoms. The summed E-state index contributed by atoms with van der Waals surface area (Å²) in [5.41, 5.74) is 3.56. The van der Waals surface area contributed by atoms with Crippen molar-refractivity contribution in [1.29, 1.82) is 0 Å². The minimum absolute atomic E-state index is 0. The molecule has 0 aliphatic heterocycles. The van der Waals surface area contributed by atoms with Gasteiger partial charge in [-0.1, -0.05) is 48.5 Å².